The van der Waals surface area contributed by atoms with Crippen LogP contribution < -0.4 is 5.32 Å². The number of amides is 2. The third-order valence-corrected chi connectivity index (χ3v) is 6.38. The molecule has 2 aromatic heterocycles. The van der Waals surface area contributed by atoms with E-state index in [0.717, 1.165) is 61.6 Å². The summed E-state index contributed by atoms with van der Waals surface area (Å²) >= 11 is 0. The smallest absolute Gasteiger partial charge is 0.256 e. The zero-order valence-corrected chi connectivity index (χ0v) is 19.8. The van der Waals surface area contributed by atoms with E-state index in [4.69, 9.17) is 0 Å². The van der Waals surface area contributed by atoms with Crippen LogP contribution in [0.15, 0.2) is 36.5 Å². The lowest BCUT2D eigenvalue weighted by Gasteiger charge is -2.34. The molecular weight excluding hydrogens is 416 g/mol. The molecule has 8 nitrogen and oxygen atoms in total. The number of fused-ring (bicyclic) bond motifs is 1. The lowest BCUT2D eigenvalue weighted by Crippen LogP contribution is -2.47. The molecule has 1 aromatic carbocycles. The first-order chi connectivity index (χ1) is 15.9. The summed E-state index contributed by atoms with van der Waals surface area (Å²) in [5, 5.41) is 8.27. The van der Waals surface area contributed by atoms with Gasteiger partial charge in [-0.25, -0.2) is 9.67 Å². The Morgan fingerprint density at radius 2 is 1.82 bits per heavy atom. The van der Waals surface area contributed by atoms with Crippen molar-refractivity contribution in [3.63, 3.8) is 0 Å². The molecule has 174 valence electrons. The van der Waals surface area contributed by atoms with Gasteiger partial charge in [0, 0.05) is 51.0 Å². The molecule has 0 spiro atoms. The van der Waals surface area contributed by atoms with Gasteiger partial charge < -0.3 is 10.2 Å². The van der Waals surface area contributed by atoms with Crippen LogP contribution in [0.4, 0.5) is 5.69 Å². The van der Waals surface area contributed by atoms with Crippen LogP contribution in [0.5, 0.6) is 0 Å². The molecule has 1 aliphatic heterocycles. The van der Waals surface area contributed by atoms with Crippen molar-refractivity contribution in [2.75, 3.05) is 31.5 Å². The van der Waals surface area contributed by atoms with Crippen LogP contribution in [-0.2, 0) is 11.3 Å². The van der Waals surface area contributed by atoms with Crippen LogP contribution in [-0.4, -0.2) is 62.6 Å². The number of anilines is 1. The summed E-state index contributed by atoms with van der Waals surface area (Å²) < 4.78 is 1.89. The maximum atomic E-state index is 13.1. The van der Waals surface area contributed by atoms with Crippen LogP contribution in [0, 0.1) is 6.92 Å². The average molecular weight is 449 g/mol. The zero-order valence-electron chi connectivity index (χ0n) is 19.8. The molecule has 0 unspecified atom stereocenters. The van der Waals surface area contributed by atoms with Gasteiger partial charge in [-0.05, 0) is 44.0 Å². The van der Waals surface area contributed by atoms with Crippen molar-refractivity contribution in [3.05, 3.63) is 53.3 Å². The molecule has 1 N–H and O–H groups in total. The summed E-state index contributed by atoms with van der Waals surface area (Å²) in [6, 6.07) is 9.99. The average Bonchev–Trinajstić information content (AvgIpc) is 3.23. The number of rotatable bonds is 6. The quantitative estimate of drug-likeness (QED) is 0.623. The highest BCUT2D eigenvalue weighted by molar-refractivity contribution is 6.12. The molecule has 1 atom stereocenters. The fourth-order valence-corrected chi connectivity index (χ4v) is 4.20. The summed E-state index contributed by atoms with van der Waals surface area (Å²) in [6.07, 6.45) is 2.67. The molecule has 0 radical (unpaired) electrons. The molecule has 0 aliphatic carbocycles. The number of carbonyl (C=O) groups excluding carboxylic acids is 2. The Hall–Kier alpha value is -3.26. The van der Waals surface area contributed by atoms with Gasteiger partial charge >= 0.3 is 0 Å². The van der Waals surface area contributed by atoms with Crippen molar-refractivity contribution in [1.29, 1.82) is 0 Å². The van der Waals surface area contributed by atoms with Crippen LogP contribution in [0.1, 0.15) is 54.8 Å². The number of hydrogen-bond acceptors (Lipinski definition) is 5. The number of aromatic nitrogens is 3. The number of nitrogens with one attached hydrogen (secondary N) is 1. The third-order valence-electron chi connectivity index (χ3n) is 6.38. The number of carbonyl (C=O) groups is 2. The summed E-state index contributed by atoms with van der Waals surface area (Å²) in [7, 11) is 0. The fraction of sp³-hybridized carbons (Fsp3) is 0.440. The molecule has 8 heteroatoms. The van der Waals surface area contributed by atoms with Crippen LogP contribution >= 0.6 is 0 Å². The monoisotopic (exact) mass is 448 g/mol. The lowest BCUT2D eigenvalue weighted by atomic mass is 10.1. The highest BCUT2D eigenvalue weighted by Crippen LogP contribution is 2.23. The standard InChI is InChI=1S/C25H32N6O2/c1-5-18(3)31-24-23(15-26-31)22(14-17(2)27-24)25(33)28-21-8-6-20(7-9-21)16-29-10-12-30(13-11-29)19(4)32/h6-9,14-15,18H,5,10-13,16H2,1-4H3,(H,28,33)/t18-/m0/s1. The van der Waals surface area contributed by atoms with E-state index in [1.165, 1.54) is 5.56 Å². The second-order valence-electron chi connectivity index (χ2n) is 8.83. The SMILES string of the molecule is CC[C@H](C)n1ncc2c(C(=O)Nc3ccc(CN4CCN(C(C)=O)CC4)cc3)cc(C)nc21. The van der Waals surface area contributed by atoms with Gasteiger partial charge in [0.1, 0.15) is 0 Å². The Morgan fingerprint density at radius 1 is 1.12 bits per heavy atom. The summed E-state index contributed by atoms with van der Waals surface area (Å²) in [6.45, 7) is 11.9. The molecule has 1 fully saturated rings. The van der Waals surface area contributed by atoms with E-state index in [-0.39, 0.29) is 17.9 Å². The third kappa shape index (κ3) is 5.06. The van der Waals surface area contributed by atoms with Crippen LogP contribution in [0.25, 0.3) is 11.0 Å². The first kappa shape index (κ1) is 22.9. The van der Waals surface area contributed by atoms with Gasteiger partial charge in [-0.15, -0.1) is 0 Å². The van der Waals surface area contributed by atoms with Crippen LogP contribution in [0.3, 0.4) is 0 Å². The topological polar surface area (TPSA) is 83.4 Å². The predicted octanol–water partition coefficient (Wildman–Crippen LogP) is 3.63. The number of pyridine rings is 1. The maximum absolute atomic E-state index is 13.1. The lowest BCUT2D eigenvalue weighted by molar-refractivity contribution is -0.130. The largest absolute Gasteiger partial charge is 0.340 e. The Morgan fingerprint density at radius 3 is 2.45 bits per heavy atom. The van der Waals surface area contributed by atoms with Gasteiger partial charge in [0.2, 0.25) is 5.91 Å². The molecule has 0 saturated carbocycles. The minimum Gasteiger partial charge on any atom is -0.340 e. The van der Waals surface area contributed by atoms with E-state index >= 15 is 0 Å². The van der Waals surface area contributed by atoms with E-state index in [2.05, 4.69) is 34.1 Å². The van der Waals surface area contributed by atoms with E-state index in [1.807, 2.05) is 46.8 Å². The molecule has 1 saturated heterocycles. The van der Waals surface area contributed by atoms with Gasteiger partial charge in [0.25, 0.3) is 5.91 Å². The predicted molar refractivity (Wildman–Crippen MR) is 129 cm³/mol. The van der Waals surface area contributed by atoms with Crippen LogP contribution in [0.2, 0.25) is 0 Å². The molecular formula is C25H32N6O2. The van der Waals surface area contributed by atoms with Crippen molar-refractivity contribution in [1.82, 2.24) is 24.6 Å². The summed E-state index contributed by atoms with van der Waals surface area (Å²) in [5.41, 5.74) is 4.05. The van der Waals surface area contributed by atoms with Gasteiger partial charge in [0.15, 0.2) is 5.65 Å². The van der Waals surface area contributed by atoms with E-state index in [9.17, 15) is 9.59 Å². The molecule has 2 amide bonds. The maximum Gasteiger partial charge on any atom is 0.256 e. The van der Waals surface area contributed by atoms with E-state index in [1.54, 1.807) is 13.1 Å². The number of benzene rings is 1. The Bertz CT molecular complexity index is 1150. The molecule has 3 heterocycles. The molecule has 4 rings (SSSR count). The zero-order chi connectivity index (χ0) is 23.5. The second kappa shape index (κ2) is 9.70. The highest BCUT2D eigenvalue weighted by atomic mass is 16.2. The van der Waals surface area contributed by atoms with Gasteiger partial charge in [-0.2, -0.15) is 5.10 Å². The van der Waals surface area contributed by atoms with Gasteiger partial charge in [0.05, 0.1) is 23.2 Å². The minimum absolute atomic E-state index is 0.142. The Labute approximate surface area is 194 Å². The molecule has 33 heavy (non-hydrogen) atoms. The summed E-state index contributed by atoms with van der Waals surface area (Å²) in [5.74, 6) is -0.0223. The fourth-order valence-electron chi connectivity index (χ4n) is 4.20. The van der Waals surface area contributed by atoms with Crippen molar-refractivity contribution in [2.45, 2.75) is 46.7 Å². The van der Waals surface area contributed by atoms with E-state index < -0.39 is 0 Å². The normalized spacial score (nSPS) is 15.6. The highest BCUT2D eigenvalue weighted by Gasteiger charge is 2.19. The van der Waals surface area contributed by atoms with Crippen molar-refractivity contribution in [2.24, 2.45) is 0 Å². The first-order valence-electron chi connectivity index (χ1n) is 11.6. The number of nitrogens with zero attached hydrogens (tertiary/aromatic N) is 5. The van der Waals surface area contributed by atoms with Crippen molar-refractivity contribution in [3.8, 4) is 0 Å². The van der Waals surface area contributed by atoms with Gasteiger partial charge in [-0.1, -0.05) is 19.1 Å². The van der Waals surface area contributed by atoms with E-state index in [0.29, 0.717) is 5.56 Å². The molecule has 0 bridgehead atoms. The Balaban J connectivity index is 1.43. The van der Waals surface area contributed by atoms with Crippen molar-refractivity contribution < 1.29 is 9.59 Å². The van der Waals surface area contributed by atoms with Crippen molar-refractivity contribution >= 4 is 28.5 Å². The molecule has 1 aliphatic rings. The number of aryl methyl sites for hydroxylation is 1. The number of piperazine rings is 1. The Kier molecular flexibility index (Phi) is 6.74. The van der Waals surface area contributed by atoms with Gasteiger partial charge in [-0.3, -0.25) is 14.5 Å². The second-order valence-corrected chi connectivity index (χ2v) is 8.83. The summed E-state index contributed by atoms with van der Waals surface area (Å²) in [4.78, 5) is 33.5. The number of hydrogen-bond donors (Lipinski definition) is 1. The minimum atomic E-state index is -0.165. The first-order valence-corrected chi connectivity index (χ1v) is 11.6. The molecule has 3 aromatic rings.